The van der Waals surface area contributed by atoms with E-state index in [1.807, 2.05) is 30.3 Å². The first-order valence-electron chi connectivity index (χ1n) is 12.1. The van der Waals surface area contributed by atoms with Crippen LogP contribution < -0.4 is 5.56 Å². The van der Waals surface area contributed by atoms with Crippen LogP contribution in [0.2, 0.25) is 5.02 Å². The molecular formula is C27H27ClN6O2. The van der Waals surface area contributed by atoms with Crippen LogP contribution in [-0.4, -0.2) is 34.9 Å². The molecule has 0 saturated carbocycles. The zero-order valence-electron chi connectivity index (χ0n) is 20.4. The fourth-order valence-corrected chi connectivity index (χ4v) is 5.37. The molecular weight excluding hydrogens is 476 g/mol. The Morgan fingerprint density at radius 1 is 1.11 bits per heavy atom. The number of nitrogens with one attached hydrogen (secondary N) is 1. The molecule has 5 rings (SSSR count). The summed E-state index contributed by atoms with van der Waals surface area (Å²) in [6, 6.07) is 11.2. The summed E-state index contributed by atoms with van der Waals surface area (Å²) in [5, 5.41) is 6.04. The number of fused-ring (bicyclic) bond motifs is 2. The van der Waals surface area contributed by atoms with Crippen LogP contribution in [0.15, 0.2) is 59.9 Å². The van der Waals surface area contributed by atoms with Crippen LogP contribution in [0, 0.1) is 0 Å². The Labute approximate surface area is 213 Å². The van der Waals surface area contributed by atoms with Crippen molar-refractivity contribution in [2.24, 2.45) is 0 Å². The standard InChI is InChI=1S/C27H27ClN6O2/c1-4-9-19(18(5-2)23-22-20(16(3)35)14-29-25(22)31-15-30-23)26-32-33-13-12-21(28)24(33)27(36)34(26)17-10-7-6-8-11-17/h6-8,10-15,18-19H,4-5,9H2,1-3H3,(H,29,30,31). The van der Waals surface area contributed by atoms with Gasteiger partial charge in [-0.3, -0.25) is 14.2 Å². The summed E-state index contributed by atoms with van der Waals surface area (Å²) in [6.07, 6.45) is 7.30. The molecule has 2 unspecified atom stereocenters. The molecule has 0 aliphatic heterocycles. The predicted molar refractivity (Wildman–Crippen MR) is 140 cm³/mol. The summed E-state index contributed by atoms with van der Waals surface area (Å²) in [7, 11) is 0. The fourth-order valence-electron chi connectivity index (χ4n) is 5.15. The average molecular weight is 503 g/mol. The Hall–Kier alpha value is -3.78. The van der Waals surface area contributed by atoms with Gasteiger partial charge in [0, 0.05) is 29.8 Å². The number of H-pyrrole nitrogens is 1. The molecule has 184 valence electrons. The SMILES string of the molecule is CCCC(c1nn2ccc(Cl)c2c(=O)n1-c1ccccc1)C(CC)c1ncnc2[nH]cc(C(C)=O)c12. The third kappa shape index (κ3) is 3.91. The highest BCUT2D eigenvalue weighted by Gasteiger charge is 2.32. The molecule has 0 saturated heterocycles. The van der Waals surface area contributed by atoms with Crippen molar-refractivity contribution in [2.75, 3.05) is 0 Å². The van der Waals surface area contributed by atoms with E-state index in [-0.39, 0.29) is 23.2 Å². The number of para-hydroxylation sites is 1. The van der Waals surface area contributed by atoms with E-state index in [2.05, 4.69) is 28.8 Å². The van der Waals surface area contributed by atoms with Crippen LogP contribution in [-0.2, 0) is 0 Å². The molecule has 2 atom stereocenters. The second kappa shape index (κ2) is 9.70. The molecule has 0 amide bonds. The maximum absolute atomic E-state index is 13.8. The van der Waals surface area contributed by atoms with Gasteiger partial charge in [-0.25, -0.2) is 14.5 Å². The Balaban J connectivity index is 1.80. The Kier molecular flexibility index (Phi) is 6.45. The monoisotopic (exact) mass is 502 g/mol. The van der Waals surface area contributed by atoms with E-state index in [1.54, 1.807) is 34.5 Å². The zero-order valence-corrected chi connectivity index (χ0v) is 21.2. The van der Waals surface area contributed by atoms with E-state index in [0.29, 0.717) is 27.6 Å². The molecule has 0 spiro atoms. The molecule has 1 aromatic carbocycles. The van der Waals surface area contributed by atoms with Gasteiger partial charge in [0.15, 0.2) is 5.78 Å². The largest absolute Gasteiger partial charge is 0.345 e. The zero-order chi connectivity index (χ0) is 25.4. The molecule has 9 heteroatoms. The highest BCUT2D eigenvalue weighted by Crippen LogP contribution is 2.40. The summed E-state index contributed by atoms with van der Waals surface area (Å²) >= 11 is 6.39. The molecule has 1 N–H and O–H groups in total. The molecule has 4 aromatic heterocycles. The van der Waals surface area contributed by atoms with Gasteiger partial charge in [-0.15, -0.1) is 0 Å². The van der Waals surface area contributed by atoms with Crippen molar-refractivity contribution in [3.8, 4) is 5.69 Å². The topological polar surface area (TPSA) is 97.9 Å². The van der Waals surface area contributed by atoms with Crippen molar-refractivity contribution in [3.63, 3.8) is 0 Å². The first-order chi connectivity index (χ1) is 17.5. The molecule has 5 aromatic rings. The number of aromatic amines is 1. The van der Waals surface area contributed by atoms with Gasteiger partial charge in [0.2, 0.25) is 0 Å². The van der Waals surface area contributed by atoms with Gasteiger partial charge in [-0.1, -0.05) is 50.1 Å². The van der Waals surface area contributed by atoms with Crippen LogP contribution >= 0.6 is 11.6 Å². The second-order valence-corrected chi connectivity index (χ2v) is 9.35. The lowest BCUT2D eigenvalue weighted by molar-refractivity contribution is 0.101. The highest BCUT2D eigenvalue weighted by atomic mass is 35.5. The molecule has 0 aliphatic rings. The van der Waals surface area contributed by atoms with Crippen molar-refractivity contribution in [3.05, 3.63) is 87.6 Å². The van der Waals surface area contributed by atoms with Crippen molar-refractivity contribution in [2.45, 2.75) is 51.9 Å². The van der Waals surface area contributed by atoms with Crippen molar-refractivity contribution < 1.29 is 4.79 Å². The minimum absolute atomic E-state index is 0.0538. The van der Waals surface area contributed by atoms with Gasteiger partial charge in [0.25, 0.3) is 5.56 Å². The third-order valence-electron chi connectivity index (χ3n) is 6.76. The second-order valence-electron chi connectivity index (χ2n) is 8.94. The number of hydrogen-bond donors (Lipinski definition) is 1. The lowest BCUT2D eigenvalue weighted by Gasteiger charge is -2.28. The number of aromatic nitrogens is 6. The Bertz CT molecular complexity index is 1620. The van der Waals surface area contributed by atoms with Gasteiger partial charge in [0.05, 0.1) is 21.8 Å². The number of benzene rings is 1. The molecule has 0 radical (unpaired) electrons. The molecule has 0 aliphatic carbocycles. The minimum Gasteiger partial charge on any atom is -0.345 e. The highest BCUT2D eigenvalue weighted by molar-refractivity contribution is 6.33. The Morgan fingerprint density at radius 2 is 1.89 bits per heavy atom. The number of Topliss-reactive ketones (excluding diaryl/α,β-unsaturated/α-hetero) is 1. The third-order valence-corrected chi connectivity index (χ3v) is 7.07. The number of halogens is 1. The van der Waals surface area contributed by atoms with Crippen LogP contribution in [0.25, 0.3) is 22.2 Å². The molecule has 0 bridgehead atoms. The van der Waals surface area contributed by atoms with Crippen LogP contribution in [0.5, 0.6) is 0 Å². The molecule has 0 fully saturated rings. The fraction of sp³-hybridized carbons (Fsp3) is 0.296. The number of carbonyl (C=O) groups excluding carboxylic acids is 1. The number of carbonyl (C=O) groups is 1. The minimum atomic E-state index is -0.226. The van der Waals surface area contributed by atoms with Crippen LogP contribution in [0.4, 0.5) is 0 Å². The summed E-state index contributed by atoms with van der Waals surface area (Å²) in [4.78, 5) is 38.4. The van der Waals surface area contributed by atoms with Crippen molar-refractivity contribution in [1.29, 1.82) is 0 Å². The van der Waals surface area contributed by atoms with E-state index >= 15 is 0 Å². The molecule has 8 nitrogen and oxygen atoms in total. The van der Waals surface area contributed by atoms with E-state index in [9.17, 15) is 9.59 Å². The number of rotatable bonds is 8. The van der Waals surface area contributed by atoms with Crippen LogP contribution in [0.3, 0.4) is 0 Å². The lowest BCUT2D eigenvalue weighted by Crippen LogP contribution is -2.30. The van der Waals surface area contributed by atoms with Crippen molar-refractivity contribution in [1.82, 2.24) is 29.1 Å². The average Bonchev–Trinajstić information content (AvgIpc) is 3.49. The first kappa shape index (κ1) is 23.9. The van der Waals surface area contributed by atoms with E-state index in [4.69, 9.17) is 16.7 Å². The van der Waals surface area contributed by atoms with Gasteiger partial charge in [-0.05, 0) is 38.0 Å². The van der Waals surface area contributed by atoms with Gasteiger partial charge in [0.1, 0.15) is 23.3 Å². The predicted octanol–water partition coefficient (Wildman–Crippen LogP) is 5.69. The van der Waals surface area contributed by atoms with Crippen LogP contribution in [0.1, 0.15) is 73.7 Å². The maximum Gasteiger partial charge on any atom is 0.284 e. The summed E-state index contributed by atoms with van der Waals surface area (Å²) in [5.41, 5.74) is 2.80. The van der Waals surface area contributed by atoms with Crippen molar-refractivity contribution >= 4 is 33.9 Å². The van der Waals surface area contributed by atoms with E-state index in [1.165, 1.54) is 6.33 Å². The molecule has 4 heterocycles. The summed E-state index contributed by atoms with van der Waals surface area (Å²) in [6.45, 7) is 5.75. The first-order valence-corrected chi connectivity index (χ1v) is 12.5. The molecule has 36 heavy (non-hydrogen) atoms. The number of hydrogen-bond acceptors (Lipinski definition) is 5. The van der Waals surface area contributed by atoms with E-state index < -0.39 is 0 Å². The van der Waals surface area contributed by atoms with Gasteiger partial charge < -0.3 is 4.98 Å². The summed E-state index contributed by atoms with van der Waals surface area (Å²) in [5.74, 6) is 0.300. The number of nitrogens with zero attached hydrogens (tertiary/aromatic N) is 5. The van der Waals surface area contributed by atoms with Gasteiger partial charge in [-0.2, -0.15) is 5.10 Å². The lowest BCUT2D eigenvalue weighted by atomic mass is 9.81. The Morgan fingerprint density at radius 3 is 2.58 bits per heavy atom. The smallest absolute Gasteiger partial charge is 0.284 e. The normalized spacial score (nSPS) is 13.3. The van der Waals surface area contributed by atoms with Gasteiger partial charge >= 0.3 is 0 Å². The summed E-state index contributed by atoms with van der Waals surface area (Å²) < 4.78 is 3.24. The maximum atomic E-state index is 13.8. The van der Waals surface area contributed by atoms with E-state index in [0.717, 1.165) is 36.0 Å². The number of ketones is 1. The quantitative estimate of drug-likeness (QED) is 0.275.